The van der Waals surface area contributed by atoms with Gasteiger partial charge in [0.2, 0.25) is 0 Å². The minimum Gasteiger partial charge on any atom is -0.381 e. The molecule has 0 bridgehead atoms. The number of benzene rings is 1. The number of nitrogens with zero attached hydrogens (tertiary/aromatic N) is 1. The molecule has 1 aliphatic heterocycles. The molecule has 1 aromatic carbocycles. The van der Waals surface area contributed by atoms with E-state index in [-0.39, 0.29) is 29.8 Å². The highest BCUT2D eigenvalue weighted by Crippen LogP contribution is 2.14. The van der Waals surface area contributed by atoms with Crippen LogP contribution in [0.2, 0.25) is 0 Å². The van der Waals surface area contributed by atoms with E-state index in [0.29, 0.717) is 5.92 Å². The number of nitrogens with one attached hydrogen (secondary N) is 2. The van der Waals surface area contributed by atoms with Gasteiger partial charge in [0.05, 0.1) is 0 Å². The van der Waals surface area contributed by atoms with Crippen LogP contribution < -0.4 is 10.6 Å². The van der Waals surface area contributed by atoms with Crippen molar-refractivity contribution in [2.45, 2.75) is 25.7 Å². The second-order valence-electron chi connectivity index (χ2n) is 6.29. The lowest BCUT2D eigenvalue weighted by atomic mass is 10.0. The third kappa shape index (κ3) is 9.68. The predicted molar refractivity (Wildman–Crippen MR) is 114 cm³/mol. The molecule has 5 nitrogen and oxygen atoms in total. The summed E-state index contributed by atoms with van der Waals surface area (Å²) in [5.41, 5.74) is 1.10. The largest absolute Gasteiger partial charge is 0.381 e. The van der Waals surface area contributed by atoms with Gasteiger partial charge in [-0.15, -0.1) is 24.0 Å². The Hall–Kier alpha value is -0.930. The molecule has 1 fully saturated rings. The first-order valence-electron chi connectivity index (χ1n) is 9.12. The maximum absolute atomic E-state index is 12.9. The van der Waals surface area contributed by atoms with Crippen molar-refractivity contribution in [3.05, 3.63) is 35.6 Å². The van der Waals surface area contributed by atoms with Crippen LogP contribution in [0, 0.1) is 11.7 Å². The first kappa shape index (κ1) is 23.1. The Kier molecular flexibility index (Phi) is 12.6. The van der Waals surface area contributed by atoms with Gasteiger partial charge in [-0.05, 0) is 49.3 Å². The van der Waals surface area contributed by atoms with E-state index in [1.807, 2.05) is 12.1 Å². The number of hydrogen-bond donors (Lipinski definition) is 2. The monoisotopic (exact) mass is 479 g/mol. The van der Waals surface area contributed by atoms with Crippen LogP contribution in [0.1, 0.15) is 24.8 Å². The standard InChI is InChI=1S/C19H30FN3O2.HI/c1-21-19(23-11-7-16-3-5-18(20)6-4-16)22-10-2-12-25-15-17-8-13-24-14-9-17;/h3-6,17H,2,7-15H2,1H3,(H2,21,22,23);1H. The van der Waals surface area contributed by atoms with Gasteiger partial charge < -0.3 is 20.1 Å². The molecule has 0 saturated carbocycles. The van der Waals surface area contributed by atoms with Crippen LogP contribution in [0.25, 0.3) is 0 Å². The first-order chi connectivity index (χ1) is 12.3. The maximum Gasteiger partial charge on any atom is 0.190 e. The number of ether oxygens (including phenoxy) is 2. The molecule has 26 heavy (non-hydrogen) atoms. The van der Waals surface area contributed by atoms with E-state index in [4.69, 9.17) is 9.47 Å². The summed E-state index contributed by atoms with van der Waals surface area (Å²) < 4.78 is 24.0. The summed E-state index contributed by atoms with van der Waals surface area (Å²) in [6, 6.07) is 6.59. The Morgan fingerprint density at radius 3 is 2.58 bits per heavy atom. The van der Waals surface area contributed by atoms with Crippen molar-refractivity contribution in [2.75, 3.05) is 46.6 Å². The van der Waals surface area contributed by atoms with Crippen LogP contribution >= 0.6 is 24.0 Å². The molecular weight excluding hydrogens is 448 g/mol. The summed E-state index contributed by atoms with van der Waals surface area (Å²) in [4.78, 5) is 4.20. The number of aliphatic imine (C=N–C) groups is 1. The van der Waals surface area contributed by atoms with Crippen LogP contribution in [0.5, 0.6) is 0 Å². The highest BCUT2D eigenvalue weighted by atomic mass is 127. The van der Waals surface area contributed by atoms with Gasteiger partial charge in [0.25, 0.3) is 0 Å². The van der Waals surface area contributed by atoms with E-state index in [2.05, 4.69) is 15.6 Å². The smallest absolute Gasteiger partial charge is 0.190 e. The maximum atomic E-state index is 12.9. The predicted octanol–water partition coefficient (Wildman–Crippen LogP) is 2.98. The third-order valence-corrected chi connectivity index (χ3v) is 4.30. The average molecular weight is 479 g/mol. The van der Waals surface area contributed by atoms with E-state index >= 15 is 0 Å². The highest BCUT2D eigenvalue weighted by molar-refractivity contribution is 14.0. The van der Waals surface area contributed by atoms with Gasteiger partial charge >= 0.3 is 0 Å². The Bertz CT molecular complexity index is 508. The van der Waals surface area contributed by atoms with Crippen LogP contribution in [-0.2, 0) is 15.9 Å². The van der Waals surface area contributed by atoms with Crippen molar-refractivity contribution >= 4 is 29.9 Å². The van der Waals surface area contributed by atoms with Gasteiger partial charge in [0, 0.05) is 46.6 Å². The first-order valence-corrected chi connectivity index (χ1v) is 9.12. The van der Waals surface area contributed by atoms with Crippen molar-refractivity contribution in [1.82, 2.24) is 10.6 Å². The van der Waals surface area contributed by atoms with Crippen molar-refractivity contribution in [1.29, 1.82) is 0 Å². The van der Waals surface area contributed by atoms with Crippen LogP contribution in [0.4, 0.5) is 4.39 Å². The fraction of sp³-hybridized carbons (Fsp3) is 0.632. The number of hydrogen-bond acceptors (Lipinski definition) is 3. The Labute approximate surface area is 173 Å². The molecule has 1 saturated heterocycles. The normalized spacial score (nSPS) is 15.4. The molecule has 0 amide bonds. The van der Waals surface area contributed by atoms with E-state index in [1.165, 1.54) is 12.1 Å². The molecule has 1 aliphatic rings. The van der Waals surface area contributed by atoms with Gasteiger partial charge in [-0.2, -0.15) is 0 Å². The van der Waals surface area contributed by atoms with Gasteiger partial charge in [-0.25, -0.2) is 4.39 Å². The van der Waals surface area contributed by atoms with E-state index in [1.54, 1.807) is 7.05 Å². The summed E-state index contributed by atoms with van der Waals surface area (Å²) in [5, 5.41) is 6.55. The lowest BCUT2D eigenvalue weighted by molar-refractivity contribution is 0.0203. The molecule has 0 aromatic heterocycles. The lowest BCUT2D eigenvalue weighted by Gasteiger charge is -2.21. The van der Waals surface area contributed by atoms with Gasteiger partial charge in [-0.3, -0.25) is 4.99 Å². The second-order valence-corrected chi connectivity index (χ2v) is 6.29. The molecule has 1 heterocycles. The Morgan fingerprint density at radius 1 is 1.19 bits per heavy atom. The van der Waals surface area contributed by atoms with Crippen molar-refractivity contribution in [3.8, 4) is 0 Å². The molecule has 2 N–H and O–H groups in total. The third-order valence-electron chi connectivity index (χ3n) is 4.30. The average Bonchev–Trinajstić information content (AvgIpc) is 2.65. The van der Waals surface area contributed by atoms with Gasteiger partial charge in [0.1, 0.15) is 5.82 Å². The Balaban J connectivity index is 0.00000338. The molecule has 0 spiro atoms. The zero-order valence-corrected chi connectivity index (χ0v) is 17.8. The zero-order valence-electron chi connectivity index (χ0n) is 15.5. The number of rotatable bonds is 9. The van der Waals surface area contributed by atoms with Gasteiger partial charge in [-0.1, -0.05) is 12.1 Å². The molecule has 0 aliphatic carbocycles. The fourth-order valence-electron chi connectivity index (χ4n) is 2.74. The molecule has 2 rings (SSSR count). The minimum atomic E-state index is -0.201. The molecular formula is C19H31FIN3O2. The molecule has 0 radical (unpaired) electrons. The molecule has 7 heteroatoms. The highest BCUT2D eigenvalue weighted by Gasteiger charge is 2.13. The summed E-state index contributed by atoms with van der Waals surface area (Å²) in [5.74, 6) is 1.24. The Morgan fingerprint density at radius 2 is 1.88 bits per heavy atom. The fourth-order valence-corrected chi connectivity index (χ4v) is 2.74. The quantitative estimate of drug-likeness (QED) is 0.248. The van der Waals surface area contributed by atoms with Crippen molar-refractivity contribution < 1.29 is 13.9 Å². The number of guanidine groups is 1. The summed E-state index contributed by atoms with van der Waals surface area (Å²) in [7, 11) is 1.76. The molecule has 1 aromatic rings. The second kappa shape index (κ2) is 14.2. The van der Waals surface area contributed by atoms with Gasteiger partial charge in [0.15, 0.2) is 5.96 Å². The van der Waals surface area contributed by atoms with Crippen molar-refractivity contribution in [3.63, 3.8) is 0 Å². The van der Waals surface area contributed by atoms with Crippen LogP contribution in [0.3, 0.4) is 0 Å². The van der Waals surface area contributed by atoms with Crippen LogP contribution in [0.15, 0.2) is 29.3 Å². The summed E-state index contributed by atoms with van der Waals surface area (Å²) in [6.45, 7) is 4.92. The lowest BCUT2D eigenvalue weighted by Crippen LogP contribution is -2.39. The molecule has 0 atom stereocenters. The summed E-state index contributed by atoms with van der Waals surface area (Å²) in [6.07, 6.45) is 4.00. The van der Waals surface area contributed by atoms with E-state index in [0.717, 1.165) is 76.7 Å². The molecule has 0 unspecified atom stereocenters. The summed E-state index contributed by atoms with van der Waals surface area (Å²) >= 11 is 0. The van der Waals surface area contributed by atoms with E-state index in [9.17, 15) is 4.39 Å². The topological polar surface area (TPSA) is 54.9 Å². The van der Waals surface area contributed by atoms with E-state index < -0.39 is 0 Å². The SMILES string of the molecule is CN=C(NCCCOCC1CCOCC1)NCCc1ccc(F)cc1.I. The zero-order chi connectivity index (χ0) is 17.7. The minimum absolute atomic E-state index is 0. The number of halogens is 2. The van der Waals surface area contributed by atoms with Crippen molar-refractivity contribution in [2.24, 2.45) is 10.9 Å². The van der Waals surface area contributed by atoms with Crippen LogP contribution in [-0.4, -0.2) is 52.5 Å². The molecule has 148 valence electrons.